The van der Waals surface area contributed by atoms with E-state index in [-0.39, 0.29) is 13.2 Å². The Labute approximate surface area is 152 Å². The number of rotatable bonds is 11. The van der Waals surface area contributed by atoms with Gasteiger partial charge in [0.1, 0.15) is 13.2 Å². The van der Waals surface area contributed by atoms with Crippen LogP contribution in [0.5, 0.6) is 0 Å². The number of allylic oxidation sites excluding steroid dienone is 5. The molecule has 0 saturated carbocycles. The summed E-state index contributed by atoms with van der Waals surface area (Å²) in [5, 5.41) is 2.35. The molecule has 0 aliphatic rings. The van der Waals surface area contributed by atoms with E-state index >= 15 is 0 Å². The van der Waals surface area contributed by atoms with E-state index < -0.39 is 12.1 Å². The standard InChI is InChI=1S/C20H33NO4/c1-6-24-19(22)15-21-20(23)25-14-13-18(5)12-8-11-17(4)10-7-9-16(2)3/h9,11,13H,6-8,10,12,14-15H2,1-5H3,(H,21,23)/b17-11+,18-13+. The molecule has 0 aromatic heterocycles. The third kappa shape index (κ3) is 15.2. The van der Waals surface area contributed by atoms with Gasteiger partial charge in [0.05, 0.1) is 6.61 Å². The molecule has 0 spiro atoms. The van der Waals surface area contributed by atoms with Crippen LogP contribution in [0.2, 0.25) is 0 Å². The van der Waals surface area contributed by atoms with Crippen LogP contribution in [0.1, 0.15) is 60.3 Å². The summed E-state index contributed by atoms with van der Waals surface area (Å²) in [5.74, 6) is -0.474. The van der Waals surface area contributed by atoms with Crippen LogP contribution in [0.15, 0.2) is 34.9 Å². The van der Waals surface area contributed by atoms with Crippen LogP contribution in [-0.2, 0) is 14.3 Å². The molecule has 0 aliphatic heterocycles. The lowest BCUT2D eigenvalue weighted by Gasteiger charge is -2.05. The van der Waals surface area contributed by atoms with Crippen molar-refractivity contribution in [3.63, 3.8) is 0 Å². The second-order valence-electron chi connectivity index (χ2n) is 6.22. The topological polar surface area (TPSA) is 64.6 Å². The van der Waals surface area contributed by atoms with E-state index in [2.05, 4.69) is 38.2 Å². The molecule has 5 nitrogen and oxygen atoms in total. The highest BCUT2D eigenvalue weighted by molar-refractivity contribution is 5.77. The molecule has 25 heavy (non-hydrogen) atoms. The molecular weight excluding hydrogens is 318 g/mol. The number of nitrogens with one attached hydrogen (secondary N) is 1. The van der Waals surface area contributed by atoms with E-state index in [1.165, 1.54) is 16.7 Å². The van der Waals surface area contributed by atoms with Gasteiger partial charge >= 0.3 is 12.1 Å². The Hall–Kier alpha value is -2.04. The number of hydrogen-bond donors (Lipinski definition) is 1. The molecule has 0 unspecified atom stereocenters. The van der Waals surface area contributed by atoms with E-state index in [0.29, 0.717) is 6.61 Å². The van der Waals surface area contributed by atoms with Crippen molar-refractivity contribution in [3.05, 3.63) is 34.9 Å². The molecule has 1 amide bonds. The van der Waals surface area contributed by atoms with Crippen LogP contribution in [0.3, 0.4) is 0 Å². The monoisotopic (exact) mass is 351 g/mol. The van der Waals surface area contributed by atoms with Crippen molar-refractivity contribution in [1.29, 1.82) is 0 Å². The maximum atomic E-state index is 11.4. The second-order valence-corrected chi connectivity index (χ2v) is 6.22. The summed E-state index contributed by atoms with van der Waals surface area (Å²) in [4.78, 5) is 22.5. The minimum absolute atomic E-state index is 0.174. The summed E-state index contributed by atoms with van der Waals surface area (Å²) < 4.78 is 9.69. The fourth-order valence-corrected chi connectivity index (χ4v) is 2.01. The molecule has 0 fully saturated rings. The molecule has 0 radical (unpaired) electrons. The van der Waals surface area contributed by atoms with Crippen LogP contribution >= 0.6 is 0 Å². The Morgan fingerprint density at radius 2 is 1.48 bits per heavy atom. The number of alkyl carbamates (subject to hydrolysis) is 1. The van der Waals surface area contributed by atoms with Crippen LogP contribution < -0.4 is 5.32 Å². The lowest BCUT2D eigenvalue weighted by Crippen LogP contribution is -2.31. The predicted molar refractivity (Wildman–Crippen MR) is 101 cm³/mol. The van der Waals surface area contributed by atoms with Crippen molar-refractivity contribution in [2.75, 3.05) is 19.8 Å². The first-order chi connectivity index (χ1) is 11.8. The van der Waals surface area contributed by atoms with Gasteiger partial charge in [-0.05, 0) is 66.4 Å². The fraction of sp³-hybridized carbons (Fsp3) is 0.600. The van der Waals surface area contributed by atoms with Crippen LogP contribution in [0, 0.1) is 0 Å². The minimum Gasteiger partial charge on any atom is -0.465 e. The van der Waals surface area contributed by atoms with E-state index in [0.717, 1.165) is 25.7 Å². The number of carbonyl (C=O) groups is 2. The molecule has 5 heteroatoms. The summed E-state index contributed by atoms with van der Waals surface area (Å²) in [6, 6.07) is 0. The smallest absolute Gasteiger partial charge is 0.407 e. The van der Waals surface area contributed by atoms with E-state index in [1.54, 1.807) is 6.92 Å². The number of carbonyl (C=O) groups excluding carboxylic acids is 2. The molecular formula is C20H33NO4. The van der Waals surface area contributed by atoms with Gasteiger partial charge in [0, 0.05) is 0 Å². The van der Waals surface area contributed by atoms with Crippen molar-refractivity contribution in [3.8, 4) is 0 Å². The highest BCUT2D eigenvalue weighted by Crippen LogP contribution is 2.11. The van der Waals surface area contributed by atoms with Gasteiger partial charge in [-0.2, -0.15) is 0 Å². The lowest BCUT2D eigenvalue weighted by atomic mass is 10.1. The Morgan fingerprint density at radius 3 is 2.08 bits per heavy atom. The quantitative estimate of drug-likeness (QED) is 0.433. The Kier molecular flexibility index (Phi) is 13.1. The largest absolute Gasteiger partial charge is 0.465 e. The third-order valence-corrected chi connectivity index (χ3v) is 3.45. The van der Waals surface area contributed by atoms with Crippen LogP contribution in [0.25, 0.3) is 0 Å². The fourth-order valence-electron chi connectivity index (χ4n) is 2.01. The number of ether oxygens (including phenoxy) is 2. The molecule has 0 rings (SSSR count). The summed E-state index contributed by atoms with van der Waals surface area (Å²) in [7, 11) is 0. The van der Waals surface area contributed by atoms with Gasteiger partial charge in [-0.25, -0.2) is 4.79 Å². The van der Waals surface area contributed by atoms with Crippen molar-refractivity contribution in [1.82, 2.24) is 5.32 Å². The Bertz CT molecular complexity index is 500. The molecule has 142 valence electrons. The normalized spacial score (nSPS) is 11.7. The van der Waals surface area contributed by atoms with Crippen LogP contribution in [0.4, 0.5) is 4.79 Å². The van der Waals surface area contributed by atoms with Gasteiger partial charge in [0.15, 0.2) is 0 Å². The Morgan fingerprint density at radius 1 is 0.880 bits per heavy atom. The van der Waals surface area contributed by atoms with Gasteiger partial charge in [0.2, 0.25) is 0 Å². The SMILES string of the molecule is CCOC(=O)CNC(=O)OC/C=C(\C)CC/C=C(\C)CCC=C(C)C. The van der Waals surface area contributed by atoms with Crippen molar-refractivity contribution in [2.45, 2.75) is 60.3 Å². The van der Waals surface area contributed by atoms with Crippen molar-refractivity contribution < 1.29 is 19.1 Å². The molecule has 0 aromatic rings. The third-order valence-electron chi connectivity index (χ3n) is 3.45. The summed E-state index contributed by atoms with van der Waals surface area (Å²) in [6.45, 7) is 10.4. The molecule has 0 bridgehead atoms. The molecule has 0 aliphatic carbocycles. The highest BCUT2D eigenvalue weighted by atomic mass is 16.6. The molecule has 1 N–H and O–H groups in total. The van der Waals surface area contributed by atoms with Crippen molar-refractivity contribution >= 4 is 12.1 Å². The summed E-state index contributed by atoms with van der Waals surface area (Å²) >= 11 is 0. The van der Waals surface area contributed by atoms with E-state index in [4.69, 9.17) is 9.47 Å². The maximum absolute atomic E-state index is 11.4. The maximum Gasteiger partial charge on any atom is 0.407 e. The van der Waals surface area contributed by atoms with Gasteiger partial charge in [-0.1, -0.05) is 28.9 Å². The van der Waals surface area contributed by atoms with Gasteiger partial charge in [-0.15, -0.1) is 0 Å². The van der Waals surface area contributed by atoms with Gasteiger partial charge in [-0.3, -0.25) is 4.79 Å². The highest BCUT2D eigenvalue weighted by Gasteiger charge is 2.05. The second kappa shape index (κ2) is 14.3. The van der Waals surface area contributed by atoms with E-state index in [1.807, 2.05) is 13.0 Å². The number of hydrogen-bond acceptors (Lipinski definition) is 4. The molecule has 0 aromatic carbocycles. The molecule has 0 saturated heterocycles. The first-order valence-electron chi connectivity index (χ1n) is 8.86. The average molecular weight is 351 g/mol. The van der Waals surface area contributed by atoms with E-state index in [9.17, 15) is 9.59 Å². The number of esters is 1. The molecule has 0 atom stereocenters. The van der Waals surface area contributed by atoms with Gasteiger partial charge < -0.3 is 14.8 Å². The first-order valence-corrected chi connectivity index (χ1v) is 8.86. The zero-order valence-corrected chi connectivity index (χ0v) is 16.3. The molecule has 0 heterocycles. The zero-order chi connectivity index (χ0) is 19.1. The zero-order valence-electron chi connectivity index (χ0n) is 16.3. The van der Waals surface area contributed by atoms with Gasteiger partial charge in [0.25, 0.3) is 0 Å². The summed E-state index contributed by atoms with van der Waals surface area (Å²) in [5.41, 5.74) is 3.93. The summed E-state index contributed by atoms with van der Waals surface area (Å²) in [6.07, 6.45) is 9.90. The lowest BCUT2D eigenvalue weighted by molar-refractivity contribution is -0.141. The van der Waals surface area contributed by atoms with Crippen molar-refractivity contribution in [2.24, 2.45) is 0 Å². The Balaban J connectivity index is 3.92. The van der Waals surface area contributed by atoms with Crippen LogP contribution in [-0.4, -0.2) is 31.8 Å². The number of amides is 1. The first kappa shape index (κ1) is 23.0. The predicted octanol–water partition coefficient (Wildman–Crippen LogP) is 4.69. The average Bonchev–Trinajstić information content (AvgIpc) is 2.53. The minimum atomic E-state index is -0.618.